The number of benzene rings is 1. The molecular formula is C16H22O3. The van der Waals surface area contributed by atoms with Crippen LogP contribution in [0.2, 0.25) is 0 Å². The summed E-state index contributed by atoms with van der Waals surface area (Å²) in [6, 6.07) is 8.13. The van der Waals surface area contributed by atoms with Gasteiger partial charge in [-0.2, -0.15) is 0 Å². The molecule has 3 nitrogen and oxygen atoms in total. The SMILES string of the molecule is CCOC(=O)CC1C(c2cccc(OC)c2)C1(C)C. The van der Waals surface area contributed by atoms with Gasteiger partial charge in [0.1, 0.15) is 5.75 Å². The topological polar surface area (TPSA) is 35.5 Å². The molecule has 0 spiro atoms. The Hall–Kier alpha value is -1.51. The Labute approximate surface area is 114 Å². The summed E-state index contributed by atoms with van der Waals surface area (Å²) in [6.45, 7) is 6.72. The van der Waals surface area contributed by atoms with Crippen LogP contribution in [0.5, 0.6) is 5.75 Å². The lowest BCUT2D eigenvalue weighted by Gasteiger charge is -2.05. The van der Waals surface area contributed by atoms with Gasteiger partial charge in [0.05, 0.1) is 13.7 Å². The molecule has 1 aliphatic carbocycles. The Bertz CT molecular complexity index is 465. The van der Waals surface area contributed by atoms with Gasteiger partial charge in [0.25, 0.3) is 0 Å². The van der Waals surface area contributed by atoms with Gasteiger partial charge in [0.15, 0.2) is 0 Å². The molecule has 2 unspecified atom stereocenters. The Morgan fingerprint density at radius 2 is 2.11 bits per heavy atom. The summed E-state index contributed by atoms with van der Waals surface area (Å²) in [5, 5.41) is 0. The van der Waals surface area contributed by atoms with E-state index >= 15 is 0 Å². The van der Waals surface area contributed by atoms with Crippen molar-refractivity contribution >= 4 is 5.97 Å². The summed E-state index contributed by atoms with van der Waals surface area (Å²) in [5.74, 6) is 1.55. The van der Waals surface area contributed by atoms with Crippen molar-refractivity contribution in [3.63, 3.8) is 0 Å². The van der Waals surface area contributed by atoms with Crippen LogP contribution < -0.4 is 4.74 Å². The number of hydrogen-bond acceptors (Lipinski definition) is 3. The molecule has 0 amide bonds. The molecule has 1 saturated carbocycles. The van der Waals surface area contributed by atoms with Crippen LogP contribution in [0, 0.1) is 11.3 Å². The number of carbonyl (C=O) groups is 1. The number of methoxy groups -OCH3 is 1. The molecular weight excluding hydrogens is 240 g/mol. The maximum absolute atomic E-state index is 11.6. The van der Waals surface area contributed by atoms with Crippen molar-refractivity contribution < 1.29 is 14.3 Å². The number of carbonyl (C=O) groups excluding carboxylic acids is 1. The fourth-order valence-electron chi connectivity index (χ4n) is 3.02. The first-order valence-electron chi connectivity index (χ1n) is 6.80. The van der Waals surface area contributed by atoms with Crippen LogP contribution in [-0.2, 0) is 9.53 Å². The maximum Gasteiger partial charge on any atom is 0.306 e. The highest BCUT2D eigenvalue weighted by molar-refractivity contribution is 5.71. The molecule has 1 fully saturated rings. The molecule has 1 aromatic rings. The van der Waals surface area contributed by atoms with Gasteiger partial charge in [-0.05, 0) is 41.9 Å². The highest BCUT2D eigenvalue weighted by atomic mass is 16.5. The molecule has 0 saturated heterocycles. The fourth-order valence-corrected chi connectivity index (χ4v) is 3.02. The Morgan fingerprint density at radius 3 is 2.74 bits per heavy atom. The molecule has 104 valence electrons. The molecule has 2 atom stereocenters. The molecule has 1 aliphatic rings. The first-order chi connectivity index (χ1) is 9.00. The quantitative estimate of drug-likeness (QED) is 0.763. The average Bonchev–Trinajstić information content (AvgIpc) is 2.91. The van der Waals surface area contributed by atoms with Crippen molar-refractivity contribution in [1.82, 2.24) is 0 Å². The predicted molar refractivity (Wildman–Crippen MR) is 74.3 cm³/mol. The highest BCUT2D eigenvalue weighted by Crippen LogP contribution is 2.66. The van der Waals surface area contributed by atoms with Crippen LogP contribution in [0.4, 0.5) is 0 Å². The number of ether oxygens (including phenoxy) is 2. The monoisotopic (exact) mass is 262 g/mol. The van der Waals surface area contributed by atoms with Crippen molar-refractivity contribution in [2.75, 3.05) is 13.7 Å². The maximum atomic E-state index is 11.6. The number of hydrogen-bond donors (Lipinski definition) is 0. The standard InChI is InChI=1S/C16H22O3/c1-5-19-14(17)10-13-15(16(13,2)3)11-7-6-8-12(9-11)18-4/h6-9,13,15H,5,10H2,1-4H3. The van der Waals surface area contributed by atoms with E-state index in [0.29, 0.717) is 24.9 Å². The predicted octanol–water partition coefficient (Wildman–Crippen LogP) is 3.39. The van der Waals surface area contributed by atoms with Crippen molar-refractivity contribution in [3.8, 4) is 5.75 Å². The normalized spacial score (nSPS) is 23.8. The van der Waals surface area contributed by atoms with E-state index in [1.807, 2.05) is 19.1 Å². The first kappa shape index (κ1) is 13.9. The second kappa shape index (κ2) is 5.24. The van der Waals surface area contributed by atoms with Gasteiger partial charge in [0.2, 0.25) is 0 Å². The van der Waals surface area contributed by atoms with Crippen LogP contribution in [0.15, 0.2) is 24.3 Å². The summed E-state index contributed by atoms with van der Waals surface area (Å²) in [5.41, 5.74) is 1.40. The third kappa shape index (κ3) is 2.75. The zero-order valence-electron chi connectivity index (χ0n) is 12.1. The lowest BCUT2D eigenvalue weighted by atomic mass is 10.0. The molecule has 0 heterocycles. The van der Waals surface area contributed by atoms with E-state index in [2.05, 4.69) is 26.0 Å². The molecule has 0 bridgehead atoms. The average molecular weight is 262 g/mol. The van der Waals surface area contributed by atoms with Gasteiger partial charge in [0, 0.05) is 6.42 Å². The second-order valence-electron chi connectivity index (χ2n) is 5.69. The van der Waals surface area contributed by atoms with E-state index < -0.39 is 0 Å². The third-order valence-electron chi connectivity index (χ3n) is 4.20. The minimum atomic E-state index is -0.0917. The van der Waals surface area contributed by atoms with Gasteiger partial charge in [-0.3, -0.25) is 4.79 Å². The smallest absolute Gasteiger partial charge is 0.306 e. The Morgan fingerprint density at radius 1 is 1.37 bits per heavy atom. The lowest BCUT2D eigenvalue weighted by molar-refractivity contribution is -0.143. The lowest BCUT2D eigenvalue weighted by Crippen LogP contribution is -2.06. The van der Waals surface area contributed by atoms with Gasteiger partial charge in [-0.25, -0.2) is 0 Å². The van der Waals surface area contributed by atoms with E-state index in [-0.39, 0.29) is 11.4 Å². The van der Waals surface area contributed by atoms with Gasteiger partial charge in [-0.1, -0.05) is 26.0 Å². The third-order valence-corrected chi connectivity index (χ3v) is 4.20. The van der Waals surface area contributed by atoms with Gasteiger partial charge in [-0.15, -0.1) is 0 Å². The minimum Gasteiger partial charge on any atom is -0.497 e. The fraction of sp³-hybridized carbons (Fsp3) is 0.562. The van der Waals surface area contributed by atoms with Crippen LogP contribution in [-0.4, -0.2) is 19.7 Å². The van der Waals surface area contributed by atoms with Crippen molar-refractivity contribution in [2.24, 2.45) is 11.3 Å². The number of rotatable bonds is 5. The van der Waals surface area contributed by atoms with Gasteiger partial charge >= 0.3 is 5.97 Å². The molecule has 2 rings (SSSR count). The molecule has 0 N–H and O–H groups in total. The summed E-state index contributed by atoms with van der Waals surface area (Å²) >= 11 is 0. The van der Waals surface area contributed by atoms with Crippen LogP contribution in [0.25, 0.3) is 0 Å². The molecule has 3 heteroatoms. The van der Waals surface area contributed by atoms with Crippen LogP contribution >= 0.6 is 0 Å². The molecule has 0 aliphatic heterocycles. The zero-order chi connectivity index (χ0) is 14.0. The molecule has 0 aromatic heterocycles. The van der Waals surface area contributed by atoms with Crippen molar-refractivity contribution in [2.45, 2.75) is 33.1 Å². The first-order valence-corrected chi connectivity index (χ1v) is 6.80. The largest absolute Gasteiger partial charge is 0.497 e. The molecule has 19 heavy (non-hydrogen) atoms. The van der Waals surface area contributed by atoms with E-state index in [0.717, 1.165) is 5.75 Å². The minimum absolute atomic E-state index is 0.0917. The Kier molecular flexibility index (Phi) is 3.83. The summed E-state index contributed by atoms with van der Waals surface area (Å²) < 4.78 is 10.3. The molecule has 0 radical (unpaired) electrons. The summed E-state index contributed by atoms with van der Waals surface area (Å²) in [7, 11) is 1.67. The van der Waals surface area contributed by atoms with Crippen LogP contribution in [0.1, 0.15) is 38.7 Å². The zero-order valence-corrected chi connectivity index (χ0v) is 12.1. The van der Waals surface area contributed by atoms with E-state index in [9.17, 15) is 4.79 Å². The van der Waals surface area contributed by atoms with Gasteiger partial charge < -0.3 is 9.47 Å². The van der Waals surface area contributed by atoms with E-state index in [1.54, 1.807) is 7.11 Å². The Balaban J connectivity index is 2.10. The van der Waals surface area contributed by atoms with Crippen molar-refractivity contribution in [1.29, 1.82) is 0 Å². The molecule has 1 aromatic carbocycles. The van der Waals surface area contributed by atoms with Crippen molar-refractivity contribution in [3.05, 3.63) is 29.8 Å². The van der Waals surface area contributed by atoms with E-state index in [4.69, 9.17) is 9.47 Å². The van der Waals surface area contributed by atoms with Crippen LogP contribution in [0.3, 0.4) is 0 Å². The van der Waals surface area contributed by atoms with E-state index in [1.165, 1.54) is 5.56 Å². The number of esters is 1. The summed E-state index contributed by atoms with van der Waals surface area (Å²) in [6.07, 6.45) is 0.503. The summed E-state index contributed by atoms with van der Waals surface area (Å²) in [4.78, 5) is 11.6. The second-order valence-corrected chi connectivity index (χ2v) is 5.69. The highest BCUT2D eigenvalue weighted by Gasteiger charge is 2.58.